The van der Waals surface area contributed by atoms with E-state index in [2.05, 4.69) is 15.9 Å². The van der Waals surface area contributed by atoms with Gasteiger partial charge in [-0.25, -0.2) is 12.7 Å². The predicted octanol–water partition coefficient (Wildman–Crippen LogP) is 1.34. The van der Waals surface area contributed by atoms with Crippen LogP contribution in [0.4, 0.5) is 0 Å². The van der Waals surface area contributed by atoms with Gasteiger partial charge >= 0.3 is 0 Å². The van der Waals surface area contributed by atoms with Gasteiger partial charge in [-0.15, -0.1) is 0 Å². The van der Waals surface area contributed by atoms with E-state index in [0.717, 1.165) is 32.2 Å². The molecule has 0 spiro atoms. The summed E-state index contributed by atoms with van der Waals surface area (Å²) in [6.07, 6.45) is 3.82. The summed E-state index contributed by atoms with van der Waals surface area (Å²) in [4.78, 5) is 0.356. The first-order valence-electron chi connectivity index (χ1n) is 4.74. The molecular formula is C8H14BrNO2S. The van der Waals surface area contributed by atoms with E-state index in [4.69, 9.17) is 0 Å². The summed E-state index contributed by atoms with van der Waals surface area (Å²) in [5, 5.41) is -0.0506. The maximum Gasteiger partial charge on any atom is 0.217 e. The van der Waals surface area contributed by atoms with E-state index in [1.807, 2.05) is 0 Å². The predicted molar refractivity (Wildman–Crippen MR) is 55.5 cm³/mol. The summed E-state index contributed by atoms with van der Waals surface area (Å²) < 4.78 is 25.3. The first-order valence-corrected chi connectivity index (χ1v) is 7.15. The molecule has 76 valence electrons. The molecule has 1 aliphatic heterocycles. The van der Waals surface area contributed by atoms with Crippen LogP contribution in [-0.4, -0.2) is 35.9 Å². The fraction of sp³-hybridized carbons (Fsp3) is 1.00. The minimum absolute atomic E-state index is 0.0506. The highest BCUT2D eigenvalue weighted by atomic mass is 79.9. The summed E-state index contributed by atoms with van der Waals surface area (Å²) in [6.45, 7) is 1.39. The highest BCUT2D eigenvalue weighted by Crippen LogP contribution is 2.33. The third-order valence-electron chi connectivity index (χ3n) is 2.63. The Labute approximate surface area is 87.7 Å². The van der Waals surface area contributed by atoms with Crippen molar-refractivity contribution in [1.29, 1.82) is 0 Å². The van der Waals surface area contributed by atoms with E-state index in [1.165, 1.54) is 0 Å². The van der Waals surface area contributed by atoms with Crippen molar-refractivity contribution in [3.05, 3.63) is 0 Å². The Bertz CT molecular complexity index is 287. The molecule has 0 bridgehead atoms. The molecule has 0 aromatic rings. The van der Waals surface area contributed by atoms with Crippen molar-refractivity contribution < 1.29 is 8.42 Å². The maximum absolute atomic E-state index is 11.8. The van der Waals surface area contributed by atoms with Gasteiger partial charge in [-0.3, -0.25) is 0 Å². The van der Waals surface area contributed by atoms with Crippen molar-refractivity contribution in [1.82, 2.24) is 4.31 Å². The van der Waals surface area contributed by atoms with Gasteiger partial charge in [-0.05, 0) is 25.7 Å². The molecule has 1 heterocycles. The summed E-state index contributed by atoms with van der Waals surface area (Å²) in [5.41, 5.74) is 0. The van der Waals surface area contributed by atoms with Crippen molar-refractivity contribution in [2.75, 3.05) is 13.1 Å². The van der Waals surface area contributed by atoms with Gasteiger partial charge in [0.2, 0.25) is 10.0 Å². The van der Waals surface area contributed by atoms with Crippen LogP contribution in [-0.2, 0) is 10.0 Å². The summed E-state index contributed by atoms with van der Waals surface area (Å²) in [7, 11) is -2.92. The lowest BCUT2D eigenvalue weighted by Gasteiger charge is -2.29. The monoisotopic (exact) mass is 267 g/mol. The Balaban J connectivity index is 2.06. The van der Waals surface area contributed by atoms with E-state index >= 15 is 0 Å². The molecule has 0 aromatic carbocycles. The zero-order valence-corrected chi connectivity index (χ0v) is 9.85. The average Bonchev–Trinajstić information content (AvgIpc) is 2.86. The van der Waals surface area contributed by atoms with Gasteiger partial charge in [0.25, 0.3) is 0 Å². The fourth-order valence-electron chi connectivity index (χ4n) is 1.70. The SMILES string of the molecule is O=S(=O)(C1CC1)N1CCCC(Br)C1. The minimum Gasteiger partial charge on any atom is -0.212 e. The second kappa shape index (κ2) is 3.51. The van der Waals surface area contributed by atoms with Crippen molar-refractivity contribution in [2.45, 2.75) is 35.8 Å². The molecule has 0 amide bonds. The molecule has 1 saturated heterocycles. The summed E-state index contributed by atoms with van der Waals surface area (Å²) in [5.74, 6) is 0. The highest BCUT2D eigenvalue weighted by molar-refractivity contribution is 9.09. The van der Waals surface area contributed by atoms with E-state index in [9.17, 15) is 8.42 Å². The van der Waals surface area contributed by atoms with Crippen LogP contribution in [0.5, 0.6) is 0 Å². The Morgan fingerprint density at radius 3 is 2.46 bits per heavy atom. The molecule has 0 N–H and O–H groups in total. The lowest BCUT2D eigenvalue weighted by Crippen LogP contribution is -2.41. The fourth-order valence-corrected chi connectivity index (χ4v) is 4.49. The number of hydrogen-bond donors (Lipinski definition) is 0. The quantitative estimate of drug-likeness (QED) is 0.709. The molecule has 1 saturated carbocycles. The molecule has 0 radical (unpaired) electrons. The van der Waals surface area contributed by atoms with Crippen LogP contribution < -0.4 is 0 Å². The maximum atomic E-state index is 11.8. The topological polar surface area (TPSA) is 37.4 Å². The summed E-state index contributed by atoms with van der Waals surface area (Å²) >= 11 is 3.48. The molecule has 1 atom stereocenters. The summed E-state index contributed by atoms with van der Waals surface area (Å²) in [6, 6.07) is 0. The van der Waals surface area contributed by atoms with Gasteiger partial charge in [0.05, 0.1) is 5.25 Å². The third kappa shape index (κ3) is 2.07. The number of rotatable bonds is 2. The van der Waals surface area contributed by atoms with Crippen LogP contribution >= 0.6 is 15.9 Å². The van der Waals surface area contributed by atoms with Crippen molar-refractivity contribution in [3.63, 3.8) is 0 Å². The van der Waals surface area contributed by atoms with Gasteiger partial charge in [-0.2, -0.15) is 0 Å². The second-order valence-corrected chi connectivity index (χ2v) is 7.35. The van der Waals surface area contributed by atoms with Gasteiger partial charge in [0.1, 0.15) is 0 Å². The third-order valence-corrected chi connectivity index (χ3v) is 5.74. The molecule has 3 nitrogen and oxygen atoms in total. The number of nitrogens with zero attached hydrogens (tertiary/aromatic N) is 1. The molecule has 2 aliphatic rings. The molecule has 5 heteroatoms. The molecule has 2 rings (SSSR count). The van der Waals surface area contributed by atoms with E-state index < -0.39 is 10.0 Å². The van der Waals surface area contributed by atoms with Crippen molar-refractivity contribution >= 4 is 26.0 Å². The Morgan fingerprint density at radius 2 is 1.92 bits per heavy atom. The standard InChI is InChI=1S/C8H14BrNO2S/c9-7-2-1-5-10(6-7)13(11,12)8-3-4-8/h7-8H,1-6H2. The zero-order chi connectivity index (χ0) is 9.47. The lowest BCUT2D eigenvalue weighted by atomic mass is 10.2. The zero-order valence-electron chi connectivity index (χ0n) is 7.45. The van der Waals surface area contributed by atoms with Crippen LogP contribution in [0.1, 0.15) is 25.7 Å². The normalized spacial score (nSPS) is 31.9. The average molecular weight is 268 g/mol. The first-order chi connectivity index (χ1) is 6.10. The first kappa shape index (κ1) is 9.93. The smallest absolute Gasteiger partial charge is 0.212 e. The largest absolute Gasteiger partial charge is 0.217 e. The molecule has 0 aromatic heterocycles. The number of hydrogen-bond acceptors (Lipinski definition) is 2. The number of piperidine rings is 1. The number of sulfonamides is 1. The Hall–Kier alpha value is 0.390. The molecule has 13 heavy (non-hydrogen) atoms. The second-order valence-electron chi connectivity index (χ2n) is 3.84. The molecular weight excluding hydrogens is 254 g/mol. The van der Waals surface area contributed by atoms with Gasteiger partial charge in [-0.1, -0.05) is 15.9 Å². The van der Waals surface area contributed by atoms with Crippen molar-refractivity contribution in [2.24, 2.45) is 0 Å². The highest BCUT2D eigenvalue weighted by Gasteiger charge is 2.41. The van der Waals surface area contributed by atoms with Gasteiger partial charge in [0.15, 0.2) is 0 Å². The van der Waals surface area contributed by atoms with Crippen LogP contribution in [0.15, 0.2) is 0 Å². The van der Waals surface area contributed by atoms with Gasteiger partial charge < -0.3 is 0 Å². The van der Waals surface area contributed by atoms with E-state index in [-0.39, 0.29) is 5.25 Å². The van der Waals surface area contributed by atoms with Crippen LogP contribution in [0.2, 0.25) is 0 Å². The molecule has 2 fully saturated rings. The van der Waals surface area contributed by atoms with Crippen LogP contribution in [0.3, 0.4) is 0 Å². The number of alkyl halides is 1. The van der Waals surface area contributed by atoms with Crippen molar-refractivity contribution in [3.8, 4) is 0 Å². The van der Waals surface area contributed by atoms with Crippen LogP contribution in [0, 0.1) is 0 Å². The van der Waals surface area contributed by atoms with Crippen LogP contribution in [0.25, 0.3) is 0 Å². The number of halogens is 1. The van der Waals surface area contributed by atoms with E-state index in [0.29, 0.717) is 11.4 Å². The lowest BCUT2D eigenvalue weighted by molar-refractivity contribution is 0.355. The molecule has 1 unspecified atom stereocenters. The minimum atomic E-state index is -2.92. The van der Waals surface area contributed by atoms with E-state index in [1.54, 1.807) is 4.31 Å². The molecule has 1 aliphatic carbocycles. The Kier molecular flexibility index (Phi) is 2.68. The van der Waals surface area contributed by atoms with Gasteiger partial charge in [0, 0.05) is 17.9 Å². The Morgan fingerprint density at radius 1 is 1.23 bits per heavy atom.